The Bertz CT molecular complexity index is 1220. The number of phenolic OH excluding ortho intramolecular Hbond substituents is 1. The molecule has 1 atom stereocenters. The van der Waals surface area contributed by atoms with Gasteiger partial charge >= 0.3 is 0 Å². The number of aliphatic hydroxyl groups is 1. The lowest BCUT2D eigenvalue weighted by Crippen LogP contribution is -2.29. The Balaban J connectivity index is 1.28. The number of methoxy groups -OCH3 is 1. The van der Waals surface area contributed by atoms with E-state index in [-0.39, 0.29) is 6.61 Å². The van der Waals surface area contributed by atoms with Crippen LogP contribution in [-0.2, 0) is 19.4 Å². The first kappa shape index (κ1) is 28.3. The van der Waals surface area contributed by atoms with Gasteiger partial charge < -0.3 is 24.6 Å². The SMILES string of the molecule is COc1ccc([C@@H]2CCc3cc(O)ccc3C2)c(N(CCO)Cc2ccc(OCCN3CCCCCC3)cc2)c1. The summed E-state index contributed by atoms with van der Waals surface area (Å²) in [6.07, 6.45) is 8.20. The Morgan fingerprint density at radius 2 is 1.68 bits per heavy atom. The predicted molar refractivity (Wildman–Crippen MR) is 161 cm³/mol. The van der Waals surface area contributed by atoms with Crippen LogP contribution < -0.4 is 14.4 Å². The third-order valence-corrected chi connectivity index (χ3v) is 8.48. The second-order valence-corrected chi connectivity index (χ2v) is 11.2. The minimum absolute atomic E-state index is 0.0706. The molecule has 2 N–H and O–H groups in total. The normalized spacial score (nSPS) is 17.6. The number of aryl methyl sites for hydroxylation is 1. The number of aliphatic hydroxyl groups excluding tert-OH is 1. The van der Waals surface area contributed by atoms with Crippen molar-refractivity contribution >= 4 is 5.69 Å². The van der Waals surface area contributed by atoms with Crippen LogP contribution in [0.25, 0.3) is 0 Å². The van der Waals surface area contributed by atoms with Gasteiger partial charge in [-0.3, -0.25) is 4.90 Å². The Morgan fingerprint density at radius 1 is 0.900 bits per heavy atom. The zero-order chi connectivity index (χ0) is 27.7. The van der Waals surface area contributed by atoms with E-state index in [1.807, 2.05) is 12.1 Å². The molecule has 3 aromatic rings. The molecule has 1 fully saturated rings. The van der Waals surface area contributed by atoms with Crippen molar-refractivity contribution in [3.8, 4) is 17.2 Å². The van der Waals surface area contributed by atoms with Crippen LogP contribution in [0.2, 0.25) is 0 Å². The maximum Gasteiger partial charge on any atom is 0.120 e. The number of ether oxygens (including phenoxy) is 2. The molecule has 6 nitrogen and oxygen atoms in total. The summed E-state index contributed by atoms with van der Waals surface area (Å²) >= 11 is 0. The van der Waals surface area contributed by atoms with Crippen molar-refractivity contribution in [1.82, 2.24) is 4.90 Å². The van der Waals surface area contributed by atoms with Crippen LogP contribution in [0.5, 0.6) is 17.2 Å². The highest BCUT2D eigenvalue weighted by Gasteiger charge is 2.25. The van der Waals surface area contributed by atoms with Gasteiger partial charge in [0, 0.05) is 31.4 Å². The second kappa shape index (κ2) is 13.9. The molecule has 6 heteroatoms. The molecule has 5 rings (SSSR count). The van der Waals surface area contributed by atoms with Crippen molar-refractivity contribution in [2.24, 2.45) is 0 Å². The molecule has 214 valence electrons. The highest BCUT2D eigenvalue weighted by atomic mass is 16.5. The quantitative estimate of drug-likeness (QED) is 0.312. The standard InChI is InChI=1S/C34H44N2O4/c1-39-32-14-15-33(29-9-8-28-23-30(38)11-10-27(28)22-29)34(24-32)36(18-20-37)25-26-6-12-31(13-7-26)40-21-19-35-16-4-2-3-5-17-35/h6-7,10-15,23-24,29,37-38H,2-5,8-9,16-22,25H2,1H3/t29-/m1/s1. The zero-order valence-corrected chi connectivity index (χ0v) is 23.9. The summed E-state index contributed by atoms with van der Waals surface area (Å²) in [5.41, 5.74) is 6.11. The van der Waals surface area contributed by atoms with Gasteiger partial charge in [0.25, 0.3) is 0 Å². The van der Waals surface area contributed by atoms with E-state index in [4.69, 9.17) is 9.47 Å². The number of aromatic hydroxyl groups is 1. The van der Waals surface area contributed by atoms with E-state index in [1.165, 1.54) is 61.0 Å². The van der Waals surface area contributed by atoms with Gasteiger partial charge in [0.15, 0.2) is 0 Å². The Hall–Kier alpha value is -3.22. The van der Waals surface area contributed by atoms with Crippen LogP contribution >= 0.6 is 0 Å². The van der Waals surface area contributed by atoms with Gasteiger partial charge in [-0.15, -0.1) is 0 Å². The number of hydrogen-bond donors (Lipinski definition) is 2. The lowest BCUT2D eigenvalue weighted by atomic mass is 9.79. The smallest absolute Gasteiger partial charge is 0.120 e. The van der Waals surface area contributed by atoms with Gasteiger partial charge in [-0.2, -0.15) is 0 Å². The van der Waals surface area contributed by atoms with Crippen LogP contribution in [0.1, 0.15) is 60.3 Å². The van der Waals surface area contributed by atoms with Crippen LogP contribution in [-0.4, -0.2) is 61.6 Å². The van der Waals surface area contributed by atoms with E-state index in [9.17, 15) is 10.2 Å². The number of rotatable bonds is 11. The maximum atomic E-state index is 10.0. The van der Waals surface area contributed by atoms with E-state index in [0.29, 0.717) is 31.4 Å². The summed E-state index contributed by atoms with van der Waals surface area (Å²) in [7, 11) is 1.70. The predicted octanol–water partition coefficient (Wildman–Crippen LogP) is 5.93. The number of benzene rings is 3. The molecule has 0 aromatic heterocycles. The molecule has 0 spiro atoms. The van der Waals surface area contributed by atoms with Crippen molar-refractivity contribution in [2.45, 2.75) is 57.4 Å². The summed E-state index contributed by atoms with van der Waals surface area (Å²) in [6.45, 7) is 5.36. The molecule has 1 aliphatic carbocycles. The van der Waals surface area contributed by atoms with Crippen molar-refractivity contribution in [3.05, 3.63) is 82.9 Å². The number of likely N-dealkylation sites (tertiary alicyclic amines) is 1. The number of fused-ring (bicyclic) bond motifs is 1. The van der Waals surface area contributed by atoms with Crippen LogP contribution in [0.15, 0.2) is 60.7 Å². The van der Waals surface area contributed by atoms with Gasteiger partial charge in [-0.1, -0.05) is 37.1 Å². The number of hydrogen-bond acceptors (Lipinski definition) is 6. The highest BCUT2D eigenvalue weighted by molar-refractivity contribution is 5.60. The number of phenols is 1. The molecule has 0 bridgehead atoms. The van der Waals surface area contributed by atoms with E-state index in [2.05, 4.69) is 52.3 Å². The fourth-order valence-electron chi connectivity index (χ4n) is 6.25. The Morgan fingerprint density at radius 3 is 2.42 bits per heavy atom. The molecule has 40 heavy (non-hydrogen) atoms. The van der Waals surface area contributed by atoms with Crippen LogP contribution in [0, 0.1) is 0 Å². The number of nitrogens with zero attached hydrogens (tertiary/aromatic N) is 2. The van der Waals surface area contributed by atoms with Crippen LogP contribution in [0.3, 0.4) is 0 Å². The molecular weight excluding hydrogens is 500 g/mol. The molecule has 0 radical (unpaired) electrons. The Kier molecular flexibility index (Phi) is 9.85. The summed E-state index contributed by atoms with van der Waals surface area (Å²) in [6, 6.07) is 20.5. The van der Waals surface area contributed by atoms with E-state index >= 15 is 0 Å². The van der Waals surface area contributed by atoms with E-state index < -0.39 is 0 Å². The third kappa shape index (κ3) is 7.29. The summed E-state index contributed by atoms with van der Waals surface area (Å²) in [4.78, 5) is 4.79. The van der Waals surface area contributed by atoms with Crippen molar-refractivity contribution < 1.29 is 19.7 Å². The maximum absolute atomic E-state index is 10.0. The topological polar surface area (TPSA) is 65.4 Å². The molecule has 3 aromatic carbocycles. The lowest BCUT2D eigenvalue weighted by Gasteiger charge is -2.32. The fraction of sp³-hybridized carbons (Fsp3) is 0.471. The first-order valence-corrected chi connectivity index (χ1v) is 14.9. The summed E-state index contributed by atoms with van der Waals surface area (Å²) in [5.74, 6) is 2.42. The first-order valence-electron chi connectivity index (χ1n) is 14.9. The molecule has 1 heterocycles. The summed E-state index contributed by atoms with van der Waals surface area (Å²) < 4.78 is 11.7. The molecule has 0 amide bonds. The van der Waals surface area contributed by atoms with Gasteiger partial charge in [-0.25, -0.2) is 0 Å². The van der Waals surface area contributed by atoms with Crippen molar-refractivity contribution in [3.63, 3.8) is 0 Å². The molecule has 1 aliphatic heterocycles. The largest absolute Gasteiger partial charge is 0.508 e. The minimum atomic E-state index is 0.0706. The number of anilines is 1. The molecule has 2 aliphatic rings. The average Bonchev–Trinajstić information content (AvgIpc) is 3.26. The van der Waals surface area contributed by atoms with Gasteiger partial charge in [-0.05, 0) is 104 Å². The second-order valence-electron chi connectivity index (χ2n) is 11.2. The van der Waals surface area contributed by atoms with Gasteiger partial charge in [0.05, 0.1) is 13.7 Å². The van der Waals surface area contributed by atoms with Gasteiger partial charge in [0.1, 0.15) is 23.9 Å². The lowest BCUT2D eigenvalue weighted by molar-refractivity contribution is 0.214. The van der Waals surface area contributed by atoms with Crippen LogP contribution in [0.4, 0.5) is 5.69 Å². The zero-order valence-electron chi connectivity index (χ0n) is 23.9. The van der Waals surface area contributed by atoms with Crippen molar-refractivity contribution in [2.75, 3.05) is 51.4 Å². The Labute approximate surface area is 239 Å². The van der Waals surface area contributed by atoms with E-state index in [1.54, 1.807) is 13.2 Å². The van der Waals surface area contributed by atoms with Crippen molar-refractivity contribution in [1.29, 1.82) is 0 Å². The average molecular weight is 545 g/mol. The molecule has 1 saturated heterocycles. The van der Waals surface area contributed by atoms with E-state index in [0.717, 1.165) is 43.0 Å². The minimum Gasteiger partial charge on any atom is -0.508 e. The monoisotopic (exact) mass is 544 g/mol. The fourth-order valence-corrected chi connectivity index (χ4v) is 6.25. The third-order valence-electron chi connectivity index (χ3n) is 8.48. The molecule has 0 saturated carbocycles. The first-order chi connectivity index (χ1) is 19.6. The summed E-state index contributed by atoms with van der Waals surface area (Å²) in [5, 5.41) is 19.9. The molecule has 0 unspecified atom stereocenters. The highest BCUT2D eigenvalue weighted by Crippen LogP contribution is 2.40. The molecular formula is C34H44N2O4. The van der Waals surface area contributed by atoms with Gasteiger partial charge in [0.2, 0.25) is 0 Å².